The monoisotopic (exact) mass is 356 g/mol. The van der Waals surface area contributed by atoms with Gasteiger partial charge in [0.2, 0.25) is 0 Å². The molecule has 0 aliphatic carbocycles. The van der Waals surface area contributed by atoms with Gasteiger partial charge in [0.15, 0.2) is 11.6 Å². The second kappa shape index (κ2) is 5.92. The summed E-state index contributed by atoms with van der Waals surface area (Å²) in [6, 6.07) is 5.78. The van der Waals surface area contributed by atoms with Crippen molar-refractivity contribution in [2.24, 2.45) is 0 Å². The molecule has 0 fully saturated rings. The fourth-order valence-corrected chi connectivity index (χ4v) is 2.80. The van der Waals surface area contributed by atoms with Crippen molar-refractivity contribution < 1.29 is 25.8 Å². The lowest BCUT2D eigenvalue weighted by Crippen LogP contribution is -2.12. The van der Waals surface area contributed by atoms with Crippen LogP contribution in [0.3, 0.4) is 0 Å². The van der Waals surface area contributed by atoms with Gasteiger partial charge < -0.3 is 4.18 Å². The standard InChI is InChI=1S/C13H7F3N4O3S/c14-10-5-12(16)13(6-11(10)15)24(21,22)23-9-3-1-8(2-4-9)20-7-17-18-19-20/h1-7H. The topological polar surface area (TPSA) is 87.0 Å². The predicted octanol–water partition coefficient (Wildman–Crippen LogP) is 1.85. The summed E-state index contributed by atoms with van der Waals surface area (Å²) in [5.74, 6) is -4.62. The first-order chi connectivity index (χ1) is 11.4. The van der Waals surface area contributed by atoms with Gasteiger partial charge in [0.05, 0.1) is 5.69 Å². The number of tetrazole rings is 1. The Bertz CT molecular complexity index is 976. The maximum Gasteiger partial charge on any atom is 0.342 e. The molecule has 0 N–H and O–H groups in total. The molecule has 2 aromatic carbocycles. The number of hydrogen-bond acceptors (Lipinski definition) is 6. The maximum absolute atomic E-state index is 13.6. The summed E-state index contributed by atoms with van der Waals surface area (Å²) in [6.07, 6.45) is 1.32. The average Bonchev–Trinajstić information content (AvgIpc) is 3.05. The Morgan fingerprint density at radius 1 is 0.958 bits per heavy atom. The van der Waals surface area contributed by atoms with Gasteiger partial charge in [-0.05, 0) is 34.7 Å². The van der Waals surface area contributed by atoms with E-state index < -0.39 is 32.5 Å². The Hall–Kier alpha value is -2.95. The summed E-state index contributed by atoms with van der Waals surface area (Å²) in [7, 11) is -4.68. The summed E-state index contributed by atoms with van der Waals surface area (Å²) in [5.41, 5.74) is 0.517. The molecule has 24 heavy (non-hydrogen) atoms. The van der Waals surface area contributed by atoms with Gasteiger partial charge in [0.25, 0.3) is 0 Å². The zero-order valence-corrected chi connectivity index (χ0v) is 12.4. The predicted molar refractivity (Wildman–Crippen MR) is 73.3 cm³/mol. The molecule has 0 radical (unpaired) electrons. The largest absolute Gasteiger partial charge is 0.379 e. The van der Waals surface area contributed by atoms with Crippen LogP contribution in [0.15, 0.2) is 47.6 Å². The van der Waals surface area contributed by atoms with Crippen LogP contribution >= 0.6 is 0 Å². The number of halogens is 3. The molecule has 0 spiro atoms. The van der Waals surface area contributed by atoms with Gasteiger partial charge >= 0.3 is 10.1 Å². The maximum atomic E-state index is 13.6. The third-order valence-electron chi connectivity index (χ3n) is 2.90. The molecule has 0 atom stereocenters. The van der Waals surface area contributed by atoms with Crippen molar-refractivity contribution in [3.63, 3.8) is 0 Å². The zero-order valence-electron chi connectivity index (χ0n) is 11.6. The first-order valence-electron chi connectivity index (χ1n) is 6.29. The molecule has 0 bridgehead atoms. The van der Waals surface area contributed by atoms with Crippen LogP contribution in [0, 0.1) is 17.5 Å². The van der Waals surface area contributed by atoms with E-state index in [1.54, 1.807) is 0 Å². The lowest BCUT2D eigenvalue weighted by molar-refractivity contribution is 0.460. The highest BCUT2D eigenvalue weighted by atomic mass is 32.2. The van der Waals surface area contributed by atoms with Crippen molar-refractivity contribution in [2.75, 3.05) is 0 Å². The minimum absolute atomic E-state index is 0.131. The Morgan fingerprint density at radius 3 is 2.25 bits per heavy atom. The third-order valence-corrected chi connectivity index (χ3v) is 4.16. The van der Waals surface area contributed by atoms with Crippen molar-refractivity contribution in [1.29, 1.82) is 0 Å². The second-order valence-electron chi connectivity index (χ2n) is 4.48. The van der Waals surface area contributed by atoms with Crippen molar-refractivity contribution in [2.45, 2.75) is 4.90 Å². The molecule has 11 heteroatoms. The van der Waals surface area contributed by atoms with E-state index in [1.807, 2.05) is 0 Å². The van der Waals surface area contributed by atoms with Crippen LogP contribution in [0.4, 0.5) is 13.2 Å². The fraction of sp³-hybridized carbons (Fsp3) is 0. The normalized spacial score (nSPS) is 11.5. The van der Waals surface area contributed by atoms with E-state index in [4.69, 9.17) is 4.18 Å². The Kier molecular flexibility index (Phi) is 3.93. The van der Waals surface area contributed by atoms with Crippen LogP contribution < -0.4 is 4.18 Å². The van der Waals surface area contributed by atoms with E-state index in [1.165, 1.54) is 35.3 Å². The smallest absolute Gasteiger partial charge is 0.342 e. The molecule has 3 aromatic rings. The summed E-state index contributed by atoms with van der Waals surface area (Å²) < 4.78 is 69.7. The molecule has 0 saturated carbocycles. The van der Waals surface area contributed by atoms with Crippen LogP contribution in [0.2, 0.25) is 0 Å². The lowest BCUT2D eigenvalue weighted by atomic mass is 10.3. The highest BCUT2D eigenvalue weighted by Crippen LogP contribution is 2.23. The van der Waals surface area contributed by atoms with E-state index in [9.17, 15) is 21.6 Å². The number of benzene rings is 2. The minimum atomic E-state index is -4.68. The molecule has 0 aliphatic heterocycles. The molecule has 3 rings (SSSR count). The quantitative estimate of drug-likeness (QED) is 0.524. The fourth-order valence-electron chi connectivity index (χ4n) is 1.80. The first kappa shape index (κ1) is 15.9. The second-order valence-corrected chi connectivity index (χ2v) is 6.00. The molecular weight excluding hydrogens is 349 g/mol. The number of nitrogens with zero attached hydrogens (tertiary/aromatic N) is 4. The summed E-state index contributed by atoms with van der Waals surface area (Å²) in [6.45, 7) is 0. The molecule has 0 saturated heterocycles. The Balaban J connectivity index is 1.88. The van der Waals surface area contributed by atoms with Crippen molar-refractivity contribution in [3.8, 4) is 11.4 Å². The van der Waals surface area contributed by atoms with E-state index in [0.717, 1.165) is 0 Å². The SMILES string of the molecule is O=S(=O)(Oc1ccc(-n2cnnn2)cc1)c1cc(F)c(F)cc1F. The molecule has 0 unspecified atom stereocenters. The van der Waals surface area contributed by atoms with Gasteiger partial charge in [-0.2, -0.15) is 8.42 Å². The molecule has 1 aromatic heterocycles. The molecule has 1 heterocycles. The van der Waals surface area contributed by atoms with Crippen molar-refractivity contribution in [1.82, 2.24) is 20.2 Å². The number of aromatic nitrogens is 4. The van der Waals surface area contributed by atoms with Crippen molar-refractivity contribution >= 4 is 10.1 Å². The molecule has 0 amide bonds. The summed E-state index contributed by atoms with van der Waals surface area (Å²) in [4.78, 5) is -1.11. The molecule has 7 nitrogen and oxygen atoms in total. The summed E-state index contributed by atoms with van der Waals surface area (Å²) in [5, 5.41) is 10.5. The van der Waals surface area contributed by atoms with Crippen LogP contribution in [-0.4, -0.2) is 28.6 Å². The molecule has 124 valence electrons. The molecule has 0 aliphatic rings. The van der Waals surface area contributed by atoms with Gasteiger partial charge in [-0.1, -0.05) is 0 Å². The summed E-state index contributed by atoms with van der Waals surface area (Å²) >= 11 is 0. The van der Waals surface area contributed by atoms with E-state index in [2.05, 4.69) is 15.5 Å². The van der Waals surface area contributed by atoms with E-state index in [0.29, 0.717) is 5.69 Å². The Labute approximate surface area is 133 Å². The third kappa shape index (κ3) is 3.06. The van der Waals surface area contributed by atoms with Gasteiger partial charge in [-0.3, -0.25) is 0 Å². The van der Waals surface area contributed by atoms with Gasteiger partial charge in [-0.25, -0.2) is 17.9 Å². The van der Waals surface area contributed by atoms with Crippen LogP contribution in [0.1, 0.15) is 0 Å². The van der Waals surface area contributed by atoms with Crippen molar-refractivity contribution in [3.05, 3.63) is 60.2 Å². The average molecular weight is 356 g/mol. The number of rotatable bonds is 4. The van der Waals surface area contributed by atoms with Crippen LogP contribution in [-0.2, 0) is 10.1 Å². The number of hydrogen-bond donors (Lipinski definition) is 0. The first-order valence-corrected chi connectivity index (χ1v) is 7.70. The highest BCUT2D eigenvalue weighted by Gasteiger charge is 2.24. The van der Waals surface area contributed by atoms with E-state index >= 15 is 0 Å². The van der Waals surface area contributed by atoms with E-state index in [-0.39, 0.29) is 17.9 Å². The van der Waals surface area contributed by atoms with Gasteiger partial charge in [0.1, 0.15) is 22.8 Å². The molecular formula is C13H7F3N4O3S. The highest BCUT2D eigenvalue weighted by molar-refractivity contribution is 7.87. The van der Waals surface area contributed by atoms with Gasteiger partial charge in [0, 0.05) is 12.1 Å². The van der Waals surface area contributed by atoms with Gasteiger partial charge in [-0.15, -0.1) is 5.10 Å². The van der Waals surface area contributed by atoms with Crippen LogP contribution in [0.25, 0.3) is 5.69 Å². The van der Waals surface area contributed by atoms with Crippen LogP contribution in [0.5, 0.6) is 5.75 Å². The Morgan fingerprint density at radius 2 is 1.62 bits per heavy atom. The minimum Gasteiger partial charge on any atom is -0.379 e. The zero-order chi connectivity index (χ0) is 17.3. The lowest BCUT2D eigenvalue weighted by Gasteiger charge is -2.09.